The standard InChI is InChI=1S/C19H18N4O2S/c1-13-17(20-8-7-18(13)25-2)12-26(24)19-21-15-6-5-14(11-16(15)22-19)23-9-3-4-10-23/h3-11H,12H2,1-2H3,(H,21,22)/i2D3,3D,4D,5D,6D,7D,8D,9D,10D,11D/hD. The van der Waals surface area contributed by atoms with Gasteiger partial charge in [-0.1, -0.05) is 0 Å². The number of nitrogens with zero attached hydrogens (tertiary/aromatic N) is 3. The van der Waals surface area contributed by atoms with Crippen molar-refractivity contribution < 1.29 is 27.2 Å². The number of hydrogen-bond acceptors (Lipinski definition) is 4. The van der Waals surface area contributed by atoms with Gasteiger partial charge in [-0.2, -0.15) is 4.98 Å². The maximum absolute atomic E-state index is 13.3. The lowest BCUT2D eigenvalue weighted by Crippen LogP contribution is -2.10. The third-order valence-electron chi connectivity index (χ3n) is 3.50. The highest BCUT2D eigenvalue weighted by Crippen LogP contribution is 2.24. The molecule has 26 heavy (non-hydrogen) atoms. The van der Waals surface area contributed by atoms with Crippen LogP contribution in [0.2, 0.25) is 1.41 Å². The summed E-state index contributed by atoms with van der Waals surface area (Å²) in [5, 5.41) is -0.475. The predicted octanol–water partition coefficient (Wildman–Crippen LogP) is 3.37. The van der Waals surface area contributed by atoms with Crippen LogP contribution in [0.4, 0.5) is 0 Å². The van der Waals surface area contributed by atoms with E-state index in [2.05, 4.69) is 9.97 Å². The Morgan fingerprint density at radius 1 is 1.38 bits per heavy atom. The maximum Gasteiger partial charge on any atom is 0.322 e. The van der Waals surface area contributed by atoms with Gasteiger partial charge in [-0.25, -0.2) is 0 Å². The van der Waals surface area contributed by atoms with Gasteiger partial charge in [-0.15, -0.1) is 0 Å². The van der Waals surface area contributed by atoms with Crippen molar-refractivity contribution in [3.63, 3.8) is 0 Å². The molecule has 0 saturated carbocycles. The summed E-state index contributed by atoms with van der Waals surface area (Å²) in [6.45, 7) is 1.36. The van der Waals surface area contributed by atoms with Crippen LogP contribution in [0.1, 0.15) is 27.7 Å². The summed E-state index contributed by atoms with van der Waals surface area (Å²) in [5.41, 5.74) is -1.23. The Labute approximate surface area is 172 Å². The molecule has 0 aliphatic carbocycles. The molecule has 1 aromatic carbocycles. The minimum absolute atomic E-state index is 0.0298. The Balaban J connectivity index is 1.85. The second kappa shape index (κ2) is 6.86. The van der Waals surface area contributed by atoms with Crippen molar-refractivity contribution in [3.8, 4) is 11.4 Å². The Morgan fingerprint density at radius 3 is 3.04 bits per heavy atom. The van der Waals surface area contributed by atoms with Crippen molar-refractivity contribution in [2.24, 2.45) is 0 Å². The number of benzene rings is 1. The largest absolute Gasteiger partial charge is 0.609 e. The molecule has 3 aromatic heterocycles. The smallest absolute Gasteiger partial charge is 0.322 e. The lowest BCUT2D eigenvalue weighted by molar-refractivity contribution is 0.410. The Bertz CT molecular complexity index is 1620. The van der Waals surface area contributed by atoms with Crippen LogP contribution in [0.15, 0.2) is 59.9 Å². The zero-order valence-corrected chi connectivity index (χ0v) is 14.0. The van der Waals surface area contributed by atoms with Gasteiger partial charge in [0, 0.05) is 40.9 Å². The molecule has 1 unspecified atom stereocenters. The predicted molar refractivity (Wildman–Crippen MR) is 101 cm³/mol. The molecule has 3 heterocycles. The van der Waals surface area contributed by atoms with Crippen molar-refractivity contribution in [3.05, 3.63) is 66.0 Å². The fraction of sp³-hybridized carbons (Fsp3) is 0.158. The molecule has 1 atom stereocenters. The fourth-order valence-corrected chi connectivity index (χ4v) is 3.21. The molecule has 0 aliphatic rings. The first-order valence-corrected chi connectivity index (χ1v) is 8.50. The van der Waals surface area contributed by atoms with Gasteiger partial charge >= 0.3 is 5.16 Å². The van der Waals surface area contributed by atoms with E-state index in [9.17, 15) is 4.55 Å². The summed E-state index contributed by atoms with van der Waals surface area (Å²) in [6.07, 6.45) is -1.94. The molecule has 132 valence electrons. The monoisotopic (exact) mass is 379 g/mol. The number of methoxy groups -OCH3 is 1. The van der Waals surface area contributed by atoms with Gasteiger partial charge in [0.25, 0.3) is 0 Å². The first kappa shape index (κ1) is 7.46. The van der Waals surface area contributed by atoms with E-state index in [-0.39, 0.29) is 22.3 Å². The highest BCUT2D eigenvalue weighted by atomic mass is 32.2. The molecule has 0 saturated heterocycles. The molecule has 0 spiro atoms. The van der Waals surface area contributed by atoms with Crippen molar-refractivity contribution in [1.29, 1.82) is 0 Å². The van der Waals surface area contributed by atoms with Crippen LogP contribution in [-0.4, -0.2) is 31.1 Å². The third kappa shape index (κ3) is 3.07. The first-order valence-electron chi connectivity index (χ1n) is 13.6. The number of ether oxygens (including phenoxy) is 1. The molecule has 0 fully saturated rings. The van der Waals surface area contributed by atoms with Crippen LogP contribution in [0.5, 0.6) is 5.75 Å². The highest BCUT2D eigenvalue weighted by Gasteiger charge is 2.20. The van der Waals surface area contributed by atoms with Crippen molar-refractivity contribution in [2.45, 2.75) is 17.8 Å². The Kier molecular flexibility index (Phi) is 1.97. The van der Waals surface area contributed by atoms with Crippen LogP contribution < -0.4 is 4.74 Å². The third-order valence-corrected chi connectivity index (χ3v) is 4.63. The Hall–Kier alpha value is -2.77. The maximum atomic E-state index is 13.3. The van der Waals surface area contributed by atoms with Gasteiger partial charge < -0.3 is 13.9 Å². The molecule has 0 radical (unpaired) electrons. The summed E-state index contributed by atoms with van der Waals surface area (Å²) >= 11 is -2.23. The number of nitrogens with one attached hydrogen (secondary N) is 1. The van der Waals surface area contributed by atoms with E-state index >= 15 is 0 Å². The summed E-state index contributed by atoms with van der Waals surface area (Å²) in [4.78, 5) is 8.44. The second-order valence-corrected chi connectivity index (χ2v) is 6.42. The number of rotatable bonds is 5. The molecule has 7 heteroatoms. The van der Waals surface area contributed by atoms with E-state index < -0.39 is 95.3 Å². The number of hydrogen-bond donors (Lipinski definition) is 1. The summed E-state index contributed by atoms with van der Waals surface area (Å²) in [7, 11) is -2.93. The quantitative estimate of drug-likeness (QED) is 0.539. The molecule has 6 nitrogen and oxygen atoms in total. The van der Waals surface area contributed by atoms with Gasteiger partial charge in [0.1, 0.15) is 5.75 Å². The zero-order valence-electron chi connectivity index (χ0n) is 26.2. The van der Waals surface area contributed by atoms with E-state index in [0.29, 0.717) is 9.54 Å². The number of H-pyrrole nitrogens is 1. The number of aromatic nitrogens is 4. The topological polar surface area (TPSA) is 78.8 Å². The number of fused-ring (bicyclic) bond motifs is 1. The minimum atomic E-state index is -2.93. The summed E-state index contributed by atoms with van der Waals surface area (Å²) in [6, 6.07) is -3.72. The molecule has 4 rings (SSSR count). The lowest BCUT2D eigenvalue weighted by atomic mass is 10.2. The lowest BCUT2D eigenvalue weighted by Gasteiger charge is -2.10. The van der Waals surface area contributed by atoms with Gasteiger partial charge in [0.05, 0.1) is 40.2 Å². The molecule has 0 bridgehead atoms. The first-order chi connectivity index (χ1) is 18.0. The van der Waals surface area contributed by atoms with Crippen LogP contribution in [0.25, 0.3) is 16.7 Å². The van der Waals surface area contributed by atoms with Crippen molar-refractivity contribution in [1.82, 2.24) is 19.5 Å². The van der Waals surface area contributed by atoms with E-state index in [1.807, 2.05) is 0 Å². The molecular formula is C19H18N4O2S. The number of pyridine rings is 1. The van der Waals surface area contributed by atoms with Crippen LogP contribution in [-0.2, 0) is 16.9 Å². The SMILES string of the molecule is [2H]c1nc(C[S+]([O-])c2nc3c([2H])c(-n4c([2H])c([2H])c([2H])c4[2H])c([2H])c([2H])c3n2[2H])c(C)c(OC([2H])([2H])[2H])c1[2H]. The van der Waals surface area contributed by atoms with Crippen LogP contribution in [0, 0.1) is 6.92 Å². The highest BCUT2D eigenvalue weighted by molar-refractivity contribution is 7.90. The zero-order chi connectivity index (χ0) is 29.3. The van der Waals surface area contributed by atoms with E-state index in [1.165, 1.54) is 6.92 Å². The van der Waals surface area contributed by atoms with Crippen molar-refractivity contribution in [2.75, 3.05) is 7.04 Å². The van der Waals surface area contributed by atoms with Gasteiger partial charge in [0.2, 0.25) is 0 Å². The number of aromatic amines is 1. The normalized spacial score (nSPS) is 20.0. The molecule has 0 aliphatic heterocycles. The average Bonchev–Trinajstić information content (AvgIpc) is 3.29. The number of imidazole rings is 1. The van der Waals surface area contributed by atoms with E-state index in [4.69, 9.17) is 22.6 Å². The average molecular weight is 380 g/mol. The molecule has 1 N–H and O–H groups in total. The van der Waals surface area contributed by atoms with Gasteiger partial charge in [-0.05, 0) is 43.2 Å². The van der Waals surface area contributed by atoms with Crippen molar-refractivity contribution >= 4 is 22.2 Å². The fourth-order valence-electron chi connectivity index (χ4n) is 2.17. The van der Waals surface area contributed by atoms with E-state index in [0.717, 1.165) is 0 Å². The molecule has 0 amide bonds. The van der Waals surface area contributed by atoms with Gasteiger partial charge in [0.15, 0.2) is 7.16 Å². The second-order valence-electron chi connectivity index (χ2n) is 5.08. The molecular weight excluding hydrogens is 348 g/mol. The van der Waals surface area contributed by atoms with Crippen LogP contribution >= 0.6 is 0 Å². The summed E-state index contributed by atoms with van der Waals surface area (Å²) in [5.74, 6) is -0.951. The van der Waals surface area contributed by atoms with Gasteiger partial charge in [-0.3, -0.25) is 9.96 Å². The summed E-state index contributed by atoms with van der Waals surface area (Å²) < 4.78 is 122. The van der Waals surface area contributed by atoms with E-state index in [1.54, 1.807) is 0 Å². The minimum Gasteiger partial charge on any atom is -0.609 e. The molecule has 4 aromatic rings. The Morgan fingerprint density at radius 2 is 2.23 bits per heavy atom. The van der Waals surface area contributed by atoms with Crippen LogP contribution in [0.3, 0.4) is 0 Å².